The number of rotatable bonds is 6. The van der Waals surface area contributed by atoms with Crippen molar-refractivity contribution in [1.29, 1.82) is 0 Å². The largest absolute Gasteiger partial charge is 0.460 e. The molecule has 0 atom stereocenters. The summed E-state index contributed by atoms with van der Waals surface area (Å²) in [5.74, 6) is -0.108. The van der Waals surface area contributed by atoms with E-state index in [2.05, 4.69) is 0 Å². The van der Waals surface area contributed by atoms with Crippen LogP contribution >= 0.6 is 0 Å². The van der Waals surface area contributed by atoms with Crippen LogP contribution in [0.2, 0.25) is 0 Å². The van der Waals surface area contributed by atoms with Gasteiger partial charge in [0.05, 0.1) is 5.39 Å². The Labute approximate surface area is 202 Å². The van der Waals surface area contributed by atoms with Crippen LogP contribution in [0.3, 0.4) is 0 Å². The average molecular weight is 463 g/mol. The van der Waals surface area contributed by atoms with Crippen LogP contribution in [0.1, 0.15) is 22.6 Å². The quantitative estimate of drug-likeness (QED) is 0.209. The predicted octanol–water partition coefficient (Wildman–Crippen LogP) is 6.63. The maximum Gasteiger partial charge on any atom is 0.323 e. The van der Waals surface area contributed by atoms with Gasteiger partial charge in [-0.15, -0.1) is 0 Å². The van der Waals surface area contributed by atoms with E-state index in [4.69, 9.17) is 13.9 Å². The molecule has 0 aliphatic heterocycles. The molecule has 35 heavy (non-hydrogen) atoms. The Bertz CT molecular complexity index is 1480. The van der Waals surface area contributed by atoms with E-state index in [1.807, 2.05) is 79.7 Å². The summed E-state index contributed by atoms with van der Waals surface area (Å²) in [4.78, 5) is 26.2. The number of fused-ring (bicyclic) bond motifs is 1. The van der Waals surface area contributed by atoms with Crippen molar-refractivity contribution in [3.05, 3.63) is 136 Å². The number of hydrogen-bond donors (Lipinski definition) is 0. The van der Waals surface area contributed by atoms with Gasteiger partial charge in [0.15, 0.2) is 0 Å². The van der Waals surface area contributed by atoms with Crippen molar-refractivity contribution in [2.45, 2.75) is 12.8 Å². The Hall–Kier alpha value is -4.64. The molecule has 1 aromatic heterocycles. The van der Waals surface area contributed by atoms with E-state index >= 15 is 0 Å². The molecule has 0 bridgehead atoms. The predicted molar refractivity (Wildman–Crippen MR) is 134 cm³/mol. The van der Waals surface area contributed by atoms with Gasteiger partial charge < -0.3 is 13.9 Å². The minimum Gasteiger partial charge on any atom is -0.460 e. The zero-order chi connectivity index (χ0) is 24.2. The Morgan fingerprint density at radius 1 is 0.771 bits per heavy atom. The molecule has 0 amide bonds. The van der Waals surface area contributed by atoms with Gasteiger partial charge in [-0.05, 0) is 42.3 Å². The highest BCUT2D eigenvalue weighted by atomic mass is 16.5. The molecule has 5 heteroatoms. The highest BCUT2D eigenvalue weighted by Gasteiger charge is 2.25. The lowest BCUT2D eigenvalue weighted by atomic mass is 9.91. The van der Waals surface area contributed by atoms with E-state index in [-0.39, 0.29) is 16.9 Å². The molecular weight excluding hydrogens is 440 g/mol. The zero-order valence-corrected chi connectivity index (χ0v) is 19.0. The summed E-state index contributed by atoms with van der Waals surface area (Å²) >= 11 is 0. The van der Waals surface area contributed by atoms with Crippen molar-refractivity contribution in [3.8, 4) is 17.2 Å². The minimum atomic E-state index is -0.592. The van der Waals surface area contributed by atoms with Gasteiger partial charge in [-0.25, -0.2) is 0 Å². The molecule has 4 aromatic carbocycles. The standard InChI is InChI=1S/C30H22O5/c1-20-12-14-23(15-13-20)34-27-19-33-26-18-24(16-17-25(26)29(27)31)35-30(32)28(21-8-4-2-5-9-21)22-10-6-3-7-11-22/h2-19,28H,1H3. The molecule has 0 fully saturated rings. The molecular formula is C30H22O5. The average Bonchev–Trinajstić information content (AvgIpc) is 2.88. The van der Waals surface area contributed by atoms with Gasteiger partial charge in [0.25, 0.3) is 0 Å². The van der Waals surface area contributed by atoms with Crippen LogP contribution < -0.4 is 14.9 Å². The second kappa shape index (κ2) is 9.69. The van der Waals surface area contributed by atoms with E-state index < -0.39 is 11.9 Å². The SMILES string of the molecule is Cc1ccc(Oc2coc3cc(OC(=O)C(c4ccccc4)c4ccccc4)ccc3c2=O)cc1. The summed E-state index contributed by atoms with van der Waals surface area (Å²) in [5.41, 5.74) is 2.73. The summed E-state index contributed by atoms with van der Waals surface area (Å²) in [7, 11) is 0. The number of carbonyl (C=O) groups excluding carboxylic acids is 1. The molecule has 172 valence electrons. The number of ether oxygens (including phenoxy) is 2. The molecule has 0 spiro atoms. The highest BCUT2D eigenvalue weighted by Crippen LogP contribution is 2.29. The van der Waals surface area contributed by atoms with Crippen molar-refractivity contribution in [2.24, 2.45) is 0 Å². The molecule has 0 radical (unpaired) electrons. The first kappa shape index (κ1) is 22.2. The van der Waals surface area contributed by atoms with Crippen LogP contribution in [0.25, 0.3) is 11.0 Å². The minimum absolute atomic E-state index is 0.0827. The molecule has 0 unspecified atom stereocenters. The molecule has 0 saturated heterocycles. The summed E-state index contributed by atoms with van der Waals surface area (Å²) in [5, 5.41) is 0.331. The molecule has 0 aliphatic carbocycles. The first-order valence-corrected chi connectivity index (χ1v) is 11.2. The third-order valence-electron chi connectivity index (χ3n) is 5.68. The second-order valence-corrected chi connectivity index (χ2v) is 8.18. The Morgan fingerprint density at radius 2 is 1.37 bits per heavy atom. The maximum absolute atomic E-state index is 13.3. The van der Waals surface area contributed by atoms with Crippen molar-refractivity contribution in [3.63, 3.8) is 0 Å². The Morgan fingerprint density at radius 3 is 2.00 bits per heavy atom. The van der Waals surface area contributed by atoms with Gasteiger partial charge in [-0.2, -0.15) is 0 Å². The van der Waals surface area contributed by atoms with Gasteiger partial charge in [-0.1, -0.05) is 78.4 Å². The van der Waals surface area contributed by atoms with Crippen molar-refractivity contribution in [2.75, 3.05) is 0 Å². The Kier molecular flexibility index (Phi) is 6.14. The van der Waals surface area contributed by atoms with Gasteiger partial charge in [0.1, 0.15) is 29.3 Å². The monoisotopic (exact) mass is 462 g/mol. The summed E-state index contributed by atoms with van der Waals surface area (Å²) < 4.78 is 17.1. The number of benzene rings is 4. The van der Waals surface area contributed by atoms with Gasteiger partial charge in [0, 0.05) is 6.07 Å². The lowest BCUT2D eigenvalue weighted by Crippen LogP contribution is -2.20. The fraction of sp³-hybridized carbons (Fsp3) is 0.0667. The first-order valence-electron chi connectivity index (χ1n) is 11.2. The van der Waals surface area contributed by atoms with E-state index in [0.717, 1.165) is 16.7 Å². The topological polar surface area (TPSA) is 65.7 Å². The van der Waals surface area contributed by atoms with Crippen LogP contribution in [-0.2, 0) is 4.79 Å². The van der Waals surface area contributed by atoms with Gasteiger partial charge in [-0.3, -0.25) is 9.59 Å². The molecule has 5 rings (SSSR count). The van der Waals surface area contributed by atoms with Crippen LogP contribution in [0.4, 0.5) is 0 Å². The molecule has 0 saturated carbocycles. The summed E-state index contributed by atoms with van der Waals surface area (Å²) in [6.45, 7) is 1.97. The van der Waals surface area contributed by atoms with E-state index in [1.54, 1.807) is 24.3 Å². The number of esters is 1. The van der Waals surface area contributed by atoms with E-state index in [0.29, 0.717) is 16.7 Å². The molecule has 0 aliphatic rings. The molecule has 1 heterocycles. The van der Waals surface area contributed by atoms with Crippen molar-refractivity contribution < 1.29 is 18.7 Å². The smallest absolute Gasteiger partial charge is 0.323 e. The van der Waals surface area contributed by atoms with Gasteiger partial charge >= 0.3 is 5.97 Å². The van der Waals surface area contributed by atoms with Crippen LogP contribution in [-0.4, -0.2) is 5.97 Å². The fourth-order valence-electron chi connectivity index (χ4n) is 3.89. The van der Waals surface area contributed by atoms with Crippen LogP contribution in [0, 0.1) is 6.92 Å². The molecule has 0 N–H and O–H groups in total. The summed E-state index contributed by atoms with van der Waals surface area (Å²) in [6.07, 6.45) is 1.27. The zero-order valence-electron chi connectivity index (χ0n) is 19.0. The van der Waals surface area contributed by atoms with E-state index in [1.165, 1.54) is 12.3 Å². The third kappa shape index (κ3) is 4.84. The van der Waals surface area contributed by atoms with Gasteiger partial charge in [0.2, 0.25) is 11.2 Å². The second-order valence-electron chi connectivity index (χ2n) is 8.18. The lowest BCUT2D eigenvalue weighted by molar-refractivity contribution is -0.135. The van der Waals surface area contributed by atoms with Crippen molar-refractivity contribution in [1.82, 2.24) is 0 Å². The number of hydrogen-bond acceptors (Lipinski definition) is 5. The summed E-state index contributed by atoms with van der Waals surface area (Å²) in [6, 6.07) is 31.0. The lowest BCUT2D eigenvalue weighted by Gasteiger charge is -2.17. The van der Waals surface area contributed by atoms with E-state index in [9.17, 15) is 9.59 Å². The molecule has 5 nitrogen and oxygen atoms in total. The maximum atomic E-state index is 13.3. The Balaban J connectivity index is 1.42. The fourth-order valence-corrected chi connectivity index (χ4v) is 3.89. The molecule has 5 aromatic rings. The normalized spacial score (nSPS) is 10.9. The number of aryl methyl sites for hydroxylation is 1. The van der Waals surface area contributed by atoms with Crippen molar-refractivity contribution >= 4 is 16.9 Å². The first-order chi connectivity index (χ1) is 17.1. The highest BCUT2D eigenvalue weighted by molar-refractivity contribution is 5.85. The third-order valence-corrected chi connectivity index (χ3v) is 5.68. The van der Waals surface area contributed by atoms with Crippen LogP contribution in [0.15, 0.2) is 119 Å². The van der Waals surface area contributed by atoms with Crippen LogP contribution in [0.5, 0.6) is 17.2 Å². The number of carbonyl (C=O) groups is 1.